The average molecular weight is 388 g/mol. The van der Waals surface area contributed by atoms with Gasteiger partial charge in [0.25, 0.3) is 0 Å². The fourth-order valence-corrected chi connectivity index (χ4v) is 3.39. The maximum atomic E-state index is 12.9. The quantitative estimate of drug-likeness (QED) is 0.662. The van der Waals surface area contributed by atoms with Gasteiger partial charge in [-0.3, -0.25) is 9.78 Å². The van der Waals surface area contributed by atoms with Crippen LogP contribution in [-0.4, -0.2) is 23.5 Å². The number of carbonyl (C=O) groups excluding carboxylic acids is 1. The molecule has 0 saturated heterocycles. The van der Waals surface area contributed by atoms with Crippen molar-refractivity contribution < 1.29 is 13.9 Å². The minimum absolute atomic E-state index is 0.103. The fraction of sp³-hybridized carbons (Fsp3) is 0.167. The summed E-state index contributed by atoms with van der Waals surface area (Å²) in [6, 6.07) is 16.0. The van der Waals surface area contributed by atoms with Crippen molar-refractivity contribution in [2.45, 2.75) is 19.4 Å². The third-order valence-corrected chi connectivity index (χ3v) is 4.89. The number of nitrogens with zero attached hydrogens (tertiary/aromatic N) is 1. The number of rotatable bonds is 5. The first-order valence-electron chi connectivity index (χ1n) is 9.51. The molecule has 1 aromatic heterocycles. The van der Waals surface area contributed by atoms with Crippen LogP contribution in [0.3, 0.4) is 0 Å². The van der Waals surface area contributed by atoms with Gasteiger partial charge < -0.3 is 10.1 Å². The SMILES string of the molecule is Cc1cccnc1-c1ccc2c(c1)C[C@H](CNC(=O)/C=C/c1ccc(F)cc1)O2. The van der Waals surface area contributed by atoms with Crippen LogP contribution in [0.5, 0.6) is 5.75 Å². The molecule has 2 heterocycles. The van der Waals surface area contributed by atoms with Crippen molar-refractivity contribution in [2.75, 3.05) is 6.54 Å². The van der Waals surface area contributed by atoms with Gasteiger partial charge in [-0.1, -0.05) is 18.2 Å². The zero-order chi connectivity index (χ0) is 20.2. The molecule has 1 N–H and O–H groups in total. The highest BCUT2D eigenvalue weighted by atomic mass is 19.1. The second-order valence-electron chi connectivity index (χ2n) is 7.07. The number of carbonyl (C=O) groups is 1. The summed E-state index contributed by atoms with van der Waals surface area (Å²) in [5, 5.41) is 2.86. The number of amides is 1. The van der Waals surface area contributed by atoms with Gasteiger partial charge in [0.2, 0.25) is 5.91 Å². The summed E-state index contributed by atoms with van der Waals surface area (Å²) in [7, 11) is 0. The number of benzene rings is 2. The number of aryl methyl sites for hydroxylation is 1. The molecule has 2 aromatic carbocycles. The first-order chi connectivity index (χ1) is 14.1. The molecule has 4 rings (SSSR count). The van der Waals surface area contributed by atoms with Crippen LogP contribution in [0.25, 0.3) is 17.3 Å². The van der Waals surface area contributed by atoms with Crippen LogP contribution in [0, 0.1) is 12.7 Å². The topological polar surface area (TPSA) is 51.2 Å². The van der Waals surface area contributed by atoms with E-state index in [1.165, 1.54) is 18.2 Å². The summed E-state index contributed by atoms with van der Waals surface area (Å²) in [4.78, 5) is 16.5. The number of ether oxygens (including phenoxy) is 1. The molecule has 1 atom stereocenters. The summed E-state index contributed by atoms with van der Waals surface area (Å²) in [5.41, 5.74) is 5.05. The van der Waals surface area contributed by atoms with Crippen molar-refractivity contribution in [3.8, 4) is 17.0 Å². The molecule has 29 heavy (non-hydrogen) atoms. The monoisotopic (exact) mass is 388 g/mol. The smallest absolute Gasteiger partial charge is 0.244 e. The molecule has 1 amide bonds. The molecule has 0 bridgehead atoms. The van der Waals surface area contributed by atoms with Gasteiger partial charge in [-0.05, 0) is 66.1 Å². The molecule has 1 aliphatic rings. The molecule has 0 unspecified atom stereocenters. The van der Waals surface area contributed by atoms with Crippen molar-refractivity contribution in [2.24, 2.45) is 0 Å². The average Bonchev–Trinajstić information content (AvgIpc) is 3.14. The summed E-state index contributed by atoms with van der Waals surface area (Å²) in [5.74, 6) is 0.341. The molecule has 146 valence electrons. The van der Waals surface area contributed by atoms with Crippen LogP contribution < -0.4 is 10.1 Å². The van der Waals surface area contributed by atoms with Gasteiger partial charge in [0, 0.05) is 24.3 Å². The van der Waals surface area contributed by atoms with Gasteiger partial charge in [-0.2, -0.15) is 0 Å². The summed E-state index contributed by atoms with van der Waals surface area (Å²) < 4.78 is 18.9. The van der Waals surface area contributed by atoms with Crippen molar-refractivity contribution in [3.05, 3.63) is 89.4 Å². The lowest BCUT2D eigenvalue weighted by Crippen LogP contribution is -2.33. The van der Waals surface area contributed by atoms with Gasteiger partial charge in [0.1, 0.15) is 17.7 Å². The molecule has 0 fully saturated rings. The van der Waals surface area contributed by atoms with E-state index in [1.54, 1.807) is 24.4 Å². The Morgan fingerprint density at radius 3 is 2.86 bits per heavy atom. The maximum absolute atomic E-state index is 12.9. The van der Waals surface area contributed by atoms with Gasteiger partial charge in [-0.15, -0.1) is 0 Å². The molecule has 0 saturated carbocycles. The van der Waals surface area contributed by atoms with E-state index in [1.807, 2.05) is 31.2 Å². The third kappa shape index (κ3) is 4.51. The van der Waals surface area contributed by atoms with E-state index in [-0.39, 0.29) is 17.8 Å². The maximum Gasteiger partial charge on any atom is 0.244 e. The molecule has 3 aromatic rings. The number of aromatic nitrogens is 1. The van der Waals surface area contributed by atoms with Crippen molar-refractivity contribution >= 4 is 12.0 Å². The van der Waals surface area contributed by atoms with Gasteiger partial charge in [0.15, 0.2) is 0 Å². The first-order valence-corrected chi connectivity index (χ1v) is 9.51. The minimum atomic E-state index is -0.300. The van der Waals surface area contributed by atoms with Crippen LogP contribution in [-0.2, 0) is 11.2 Å². The first kappa shape index (κ1) is 18.9. The highest BCUT2D eigenvalue weighted by Gasteiger charge is 2.23. The highest BCUT2D eigenvalue weighted by molar-refractivity contribution is 5.91. The molecule has 0 spiro atoms. The fourth-order valence-electron chi connectivity index (χ4n) is 3.39. The Morgan fingerprint density at radius 2 is 2.07 bits per heavy atom. The molecular weight excluding hydrogens is 367 g/mol. The summed E-state index contributed by atoms with van der Waals surface area (Å²) in [6.07, 6.45) is 5.52. The number of halogens is 1. The van der Waals surface area contributed by atoms with Crippen LogP contribution in [0.1, 0.15) is 16.7 Å². The minimum Gasteiger partial charge on any atom is -0.488 e. The van der Waals surface area contributed by atoms with Crippen LogP contribution in [0.4, 0.5) is 4.39 Å². The lowest BCUT2D eigenvalue weighted by Gasteiger charge is -2.10. The number of hydrogen-bond acceptors (Lipinski definition) is 3. The Labute approximate surface area is 169 Å². The van der Waals surface area contributed by atoms with Gasteiger partial charge in [0.05, 0.1) is 12.2 Å². The standard InChI is InChI=1S/C24H21FN2O2/c1-16-3-2-12-26-24(16)18-7-10-22-19(13-18)14-21(29-22)15-27-23(28)11-6-17-4-8-20(25)9-5-17/h2-13,21H,14-15H2,1H3,(H,27,28)/b11-6+/t21-/m1/s1. The summed E-state index contributed by atoms with van der Waals surface area (Å²) in [6.45, 7) is 2.46. The number of fused-ring (bicyclic) bond motifs is 1. The zero-order valence-corrected chi connectivity index (χ0v) is 16.1. The molecule has 0 aliphatic carbocycles. The Bertz CT molecular complexity index is 1060. The molecule has 4 nitrogen and oxygen atoms in total. The second-order valence-corrected chi connectivity index (χ2v) is 7.07. The molecule has 5 heteroatoms. The van der Waals surface area contributed by atoms with Crippen molar-refractivity contribution in [1.29, 1.82) is 0 Å². The Kier molecular flexibility index (Phi) is 5.38. The Hall–Kier alpha value is -3.47. The van der Waals surface area contributed by atoms with E-state index in [2.05, 4.69) is 16.4 Å². The van der Waals surface area contributed by atoms with E-state index in [4.69, 9.17) is 4.74 Å². The van der Waals surface area contributed by atoms with Gasteiger partial charge >= 0.3 is 0 Å². The molecule has 0 radical (unpaired) electrons. The number of nitrogens with one attached hydrogen (secondary N) is 1. The number of pyridine rings is 1. The Morgan fingerprint density at radius 1 is 1.24 bits per heavy atom. The van der Waals surface area contributed by atoms with Crippen LogP contribution in [0.2, 0.25) is 0 Å². The van der Waals surface area contributed by atoms with Crippen LogP contribution in [0.15, 0.2) is 66.9 Å². The molecular formula is C24H21FN2O2. The Balaban J connectivity index is 1.34. The predicted octanol–water partition coefficient (Wildman–Crippen LogP) is 4.33. The van der Waals surface area contributed by atoms with E-state index in [0.29, 0.717) is 6.54 Å². The lowest BCUT2D eigenvalue weighted by molar-refractivity contribution is -0.116. The zero-order valence-electron chi connectivity index (χ0n) is 16.1. The third-order valence-electron chi connectivity index (χ3n) is 4.89. The van der Waals surface area contributed by atoms with E-state index in [9.17, 15) is 9.18 Å². The number of hydrogen-bond donors (Lipinski definition) is 1. The lowest BCUT2D eigenvalue weighted by atomic mass is 10.0. The van der Waals surface area contributed by atoms with Crippen molar-refractivity contribution in [1.82, 2.24) is 10.3 Å². The van der Waals surface area contributed by atoms with E-state index < -0.39 is 0 Å². The second kappa shape index (κ2) is 8.27. The normalized spacial score (nSPS) is 15.2. The van der Waals surface area contributed by atoms with E-state index in [0.717, 1.165) is 40.1 Å². The largest absolute Gasteiger partial charge is 0.488 e. The predicted molar refractivity (Wildman–Crippen MR) is 111 cm³/mol. The van der Waals surface area contributed by atoms with Gasteiger partial charge in [-0.25, -0.2) is 4.39 Å². The summed E-state index contributed by atoms with van der Waals surface area (Å²) >= 11 is 0. The van der Waals surface area contributed by atoms with Crippen molar-refractivity contribution in [3.63, 3.8) is 0 Å². The molecule has 1 aliphatic heterocycles. The highest BCUT2D eigenvalue weighted by Crippen LogP contribution is 2.33. The van der Waals surface area contributed by atoms with E-state index >= 15 is 0 Å². The van der Waals surface area contributed by atoms with Crippen LogP contribution >= 0.6 is 0 Å².